The Kier molecular flexibility index (Phi) is 6.17. The summed E-state index contributed by atoms with van der Waals surface area (Å²) in [6, 6.07) is 0. The lowest BCUT2D eigenvalue weighted by atomic mass is 9.86. The number of ether oxygens (including phenoxy) is 1. The fourth-order valence-electron chi connectivity index (χ4n) is 2.95. The predicted octanol–water partition coefficient (Wildman–Crippen LogP) is 2.54. The summed E-state index contributed by atoms with van der Waals surface area (Å²) in [6.07, 6.45) is 1.16. The minimum absolute atomic E-state index is 0.266. The fraction of sp³-hybridized carbons (Fsp3) is 0.812. The van der Waals surface area contributed by atoms with E-state index in [9.17, 15) is 0 Å². The van der Waals surface area contributed by atoms with E-state index in [4.69, 9.17) is 4.74 Å². The molecule has 1 unspecified atom stereocenters. The van der Waals surface area contributed by atoms with Crippen molar-refractivity contribution >= 4 is 11.3 Å². The van der Waals surface area contributed by atoms with Crippen molar-refractivity contribution in [3.8, 4) is 0 Å². The van der Waals surface area contributed by atoms with Crippen LogP contribution in [-0.4, -0.2) is 49.8 Å². The van der Waals surface area contributed by atoms with E-state index in [1.54, 1.807) is 11.3 Å². The van der Waals surface area contributed by atoms with Gasteiger partial charge in [0.1, 0.15) is 0 Å². The molecule has 120 valence electrons. The van der Waals surface area contributed by atoms with E-state index in [1.807, 2.05) is 5.51 Å². The summed E-state index contributed by atoms with van der Waals surface area (Å²) < 4.78 is 5.70. The van der Waals surface area contributed by atoms with E-state index in [2.05, 4.69) is 43.0 Å². The second-order valence-electron chi connectivity index (χ2n) is 6.86. The third-order valence-corrected chi connectivity index (χ3v) is 5.02. The number of rotatable bonds is 8. The lowest BCUT2D eigenvalue weighted by Gasteiger charge is -2.32. The summed E-state index contributed by atoms with van der Waals surface area (Å²) in [5, 5.41) is 3.63. The summed E-state index contributed by atoms with van der Waals surface area (Å²) >= 11 is 1.76. The molecule has 21 heavy (non-hydrogen) atoms. The molecule has 0 saturated carbocycles. The first-order chi connectivity index (χ1) is 10.0. The van der Waals surface area contributed by atoms with Gasteiger partial charge in [-0.05, 0) is 32.9 Å². The van der Waals surface area contributed by atoms with Crippen molar-refractivity contribution in [2.75, 3.05) is 39.9 Å². The predicted molar refractivity (Wildman–Crippen MR) is 88.8 cm³/mol. The smallest absolute Gasteiger partial charge is 0.0798 e. The molecule has 0 aliphatic carbocycles. The topological polar surface area (TPSA) is 37.4 Å². The van der Waals surface area contributed by atoms with Crippen molar-refractivity contribution in [3.63, 3.8) is 0 Å². The number of aromatic nitrogens is 1. The van der Waals surface area contributed by atoms with Crippen LogP contribution in [0.25, 0.3) is 0 Å². The number of aryl methyl sites for hydroxylation is 1. The van der Waals surface area contributed by atoms with Crippen molar-refractivity contribution < 1.29 is 4.74 Å². The number of thiazole rings is 1. The maximum Gasteiger partial charge on any atom is 0.0798 e. The normalized spacial score (nSPS) is 22.6. The molecule has 1 aromatic heterocycles. The van der Waals surface area contributed by atoms with Crippen molar-refractivity contribution in [3.05, 3.63) is 16.1 Å². The molecule has 1 saturated heterocycles. The summed E-state index contributed by atoms with van der Waals surface area (Å²) in [6.45, 7) is 12.6. The van der Waals surface area contributed by atoms with Gasteiger partial charge < -0.3 is 15.0 Å². The Balaban J connectivity index is 1.88. The first kappa shape index (κ1) is 16.9. The third-order valence-electron chi connectivity index (χ3n) is 4.10. The van der Waals surface area contributed by atoms with E-state index in [0.29, 0.717) is 5.92 Å². The van der Waals surface area contributed by atoms with Crippen LogP contribution in [0.3, 0.4) is 0 Å². The molecule has 0 bridgehead atoms. The highest BCUT2D eigenvalue weighted by Crippen LogP contribution is 2.29. The Hall–Kier alpha value is -0.490. The maximum atomic E-state index is 5.70. The van der Waals surface area contributed by atoms with Crippen molar-refractivity contribution in [2.24, 2.45) is 11.3 Å². The Bertz CT molecular complexity index is 427. The van der Waals surface area contributed by atoms with Crippen molar-refractivity contribution in [1.29, 1.82) is 0 Å². The van der Waals surface area contributed by atoms with Crippen LogP contribution in [0, 0.1) is 18.3 Å². The maximum absolute atomic E-state index is 5.70. The van der Waals surface area contributed by atoms with E-state index in [0.717, 1.165) is 45.8 Å². The molecule has 1 fully saturated rings. The van der Waals surface area contributed by atoms with Gasteiger partial charge in [-0.25, -0.2) is 4.98 Å². The number of nitrogens with zero attached hydrogens (tertiary/aromatic N) is 2. The van der Waals surface area contributed by atoms with E-state index < -0.39 is 0 Å². The molecule has 2 heterocycles. The summed E-state index contributed by atoms with van der Waals surface area (Å²) in [5.41, 5.74) is 3.38. The molecule has 0 amide bonds. The highest BCUT2D eigenvalue weighted by atomic mass is 32.1. The molecule has 1 aliphatic rings. The van der Waals surface area contributed by atoms with Crippen LogP contribution in [0.2, 0.25) is 0 Å². The Morgan fingerprint density at radius 2 is 2.33 bits per heavy atom. The molecule has 5 heteroatoms. The van der Waals surface area contributed by atoms with Gasteiger partial charge in [0.05, 0.1) is 17.8 Å². The van der Waals surface area contributed by atoms with Crippen LogP contribution < -0.4 is 5.32 Å². The quantitative estimate of drug-likeness (QED) is 0.800. The van der Waals surface area contributed by atoms with Crippen LogP contribution in [0.1, 0.15) is 30.8 Å². The minimum Gasteiger partial charge on any atom is -0.381 e. The Morgan fingerprint density at radius 1 is 1.52 bits per heavy atom. The second-order valence-corrected chi connectivity index (χ2v) is 7.80. The first-order valence-electron chi connectivity index (χ1n) is 7.87. The molecule has 1 aliphatic heterocycles. The molecular formula is C16H29N3OS. The number of hydrogen-bond donors (Lipinski definition) is 1. The summed E-state index contributed by atoms with van der Waals surface area (Å²) in [5.74, 6) is 0.696. The monoisotopic (exact) mass is 311 g/mol. The van der Waals surface area contributed by atoms with Gasteiger partial charge in [-0.15, -0.1) is 11.3 Å². The highest BCUT2D eigenvalue weighted by molar-refractivity contribution is 7.09. The fourth-order valence-corrected chi connectivity index (χ4v) is 3.80. The molecule has 0 aromatic carbocycles. The minimum atomic E-state index is 0.266. The molecule has 0 radical (unpaired) electrons. The first-order valence-corrected chi connectivity index (χ1v) is 8.75. The molecule has 1 atom stereocenters. The van der Waals surface area contributed by atoms with Gasteiger partial charge in [-0.1, -0.05) is 13.8 Å². The summed E-state index contributed by atoms with van der Waals surface area (Å²) in [4.78, 5) is 8.14. The van der Waals surface area contributed by atoms with Crippen LogP contribution >= 0.6 is 11.3 Å². The molecular weight excluding hydrogens is 282 g/mol. The van der Waals surface area contributed by atoms with E-state index in [-0.39, 0.29) is 5.41 Å². The van der Waals surface area contributed by atoms with Crippen LogP contribution in [0.5, 0.6) is 0 Å². The highest BCUT2D eigenvalue weighted by Gasteiger charge is 2.35. The van der Waals surface area contributed by atoms with Gasteiger partial charge in [0.15, 0.2) is 0 Å². The van der Waals surface area contributed by atoms with Gasteiger partial charge in [0, 0.05) is 36.5 Å². The Morgan fingerprint density at radius 3 is 2.90 bits per heavy atom. The van der Waals surface area contributed by atoms with E-state index >= 15 is 0 Å². The zero-order valence-electron chi connectivity index (χ0n) is 13.8. The van der Waals surface area contributed by atoms with E-state index in [1.165, 1.54) is 10.6 Å². The van der Waals surface area contributed by atoms with Gasteiger partial charge in [-0.2, -0.15) is 0 Å². The van der Waals surface area contributed by atoms with Gasteiger partial charge in [-0.3, -0.25) is 0 Å². The van der Waals surface area contributed by atoms with Crippen LogP contribution in [0.15, 0.2) is 5.51 Å². The number of hydrogen-bond acceptors (Lipinski definition) is 5. The SMILES string of the molecule is Cc1ncsc1CN(C)CC1(CNCC(C)C)CCOC1. The molecule has 0 spiro atoms. The van der Waals surface area contributed by atoms with Crippen LogP contribution in [-0.2, 0) is 11.3 Å². The molecule has 2 rings (SSSR count). The van der Waals surface area contributed by atoms with Crippen LogP contribution in [0.4, 0.5) is 0 Å². The Labute approximate surface area is 132 Å². The third kappa shape index (κ3) is 5.02. The summed E-state index contributed by atoms with van der Waals surface area (Å²) in [7, 11) is 2.21. The average molecular weight is 311 g/mol. The lowest BCUT2D eigenvalue weighted by Crippen LogP contribution is -2.44. The lowest BCUT2D eigenvalue weighted by molar-refractivity contribution is 0.116. The zero-order chi connectivity index (χ0) is 15.3. The van der Waals surface area contributed by atoms with Gasteiger partial charge in [0.25, 0.3) is 0 Å². The van der Waals surface area contributed by atoms with Crippen molar-refractivity contribution in [2.45, 2.75) is 33.7 Å². The molecule has 1 aromatic rings. The van der Waals surface area contributed by atoms with Gasteiger partial charge >= 0.3 is 0 Å². The van der Waals surface area contributed by atoms with Crippen molar-refractivity contribution in [1.82, 2.24) is 15.2 Å². The van der Waals surface area contributed by atoms with Gasteiger partial charge in [0.2, 0.25) is 0 Å². The molecule has 1 N–H and O–H groups in total. The second kappa shape index (κ2) is 7.68. The number of nitrogens with one attached hydrogen (secondary N) is 1. The largest absolute Gasteiger partial charge is 0.381 e. The molecule has 4 nitrogen and oxygen atoms in total. The standard InChI is InChI=1S/C16H29N3OS/c1-13(2)7-17-9-16(5-6-20-11-16)10-19(4)8-15-14(3)18-12-21-15/h12-13,17H,5-11H2,1-4H3. The average Bonchev–Trinajstić information content (AvgIpc) is 3.00. The zero-order valence-corrected chi connectivity index (χ0v) is 14.6.